The molecule has 1 aromatic rings. The largest absolute Gasteiger partial charge is 0.326 e. The predicted molar refractivity (Wildman–Crippen MR) is 52.9 cm³/mol. The molecule has 1 unspecified atom stereocenters. The molecular weight excluding hydrogens is 146 g/mol. The highest BCUT2D eigenvalue weighted by Gasteiger charge is 1.99. The Labute approximate surface area is 73.9 Å². The van der Waals surface area contributed by atoms with E-state index in [4.69, 9.17) is 5.73 Å². The normalized spacial score (nSPS) is 12.5. The lowest BCUT2D eigenvalue weighted by molar-refractivity contribution is 0.957. The smallest absolute Gasteiger partial charge is 0.0178 e. The fraction of sp³-hybridized carbons (Fsp3) is 0.273. The third kappa shape index (κ3) is 1.95. The van der Waals surface area contributed by atoms with Crippen molar-refractivity contribution >= 4 is 0 Å². The summed E-state index contributed by atoms with van der Waals surface area (Å²) in [5.41, 5.74) is 8.00. The van der Waals surface area contributed by atoms with Crippen LogP contribution in [0.2, 0.25) is 0 Å². The van der Waals surface area contributed by atoms with E-state index in [0.717, 1.165) is 0 Å². The predicted octanol–water partition coefficient (Wildman–Crippen LogP) is 2.43. The van der Waals surface area contributed by atoms with Crippen molar-refractivity contribution < 1.29 is 0 Å². The summed E-state index contributed by atoms with van der Waals surface area (Å²) >= 11 is 0. The van der Waals surface area contributed by atoms with Crippen LogP contribution in [0.3, 0.4) is 0 Å². The van der Waals surface area contributed by atoms with Crippen LogP contribution in [-0.4, -0.2) is 0 Å². The highest BCUT2D eigenvalue weighted by atomic mass is 14.5. The monoisotopic (exact) mass is 161 g/mol. The van der Waals surface area contributed by atoms with Crippen molar-refractivity contribution in [3.63, 3.8) is 0 Å². The lowest BCUT2D eigenvalue weighted by Gasteiger charge is -2.07. The molecule has 0 aliphatic rings. The van der Waals surface area contributed by atoms with Gasteiger partial charge >= 0.3 is 0 Å². The molecule has 1 nitrogen and oxygen atoms in total. The van der Waals surface area contributed by atoms with Crippen molar-refractivity contribution in [2.45, 2.75) is 19.4 Å². The molecule has 12 heavy (non-hydrogen) atoms. The van der Waals surface area contributed by atoms with Crippen molar-refractivity contribution in [1.82, 2.24) is 0 Å². The third-order valence-corrected chi connectivity index (χ3v) is 2.07. The number of nitrogens with two attached hydrogens (primary N) is 1. The van der Waals surface area contributed by atoms with Crippen molar-refractivity contribution in [2.24, 2.45) is 5.73 Å². The average Bonchev–Trinajstić information content (AvgIpc) is 2.17. The van der Waals surface area contributed by atoms with Gasteiger partial charge in [-0.3, -0.25) is 0 Å². The first-order chi connectivity index (χ1) is 5.77. The molecule has 0 bridgehead atoms. The molecule has 2 N–H and O–H groups in total. The van der Waals surface area contributed by atoms with Crippen LogP contribution in [0.5, 0.6) is 0 Å². The van der Waals surface area contributed by atoms with Gasteiger partial charge in [0.25, 0.3) is 0 Å². The van der Waals surface area contributed by atoms with E-state index < -0.39 is 0 Å². The minimum atomic E-state index is 0.413. The van der Waals surface area contributed by atoms with E-state index in [1.807, 2.05) is 18.2 Å². The van der Waals surface area contributed by atoms with Gasteiger partial charge in [0, 0.05) is 6.54 Å². The molecular formula is C11H15N. The molecule has 64 valence electrons. The summed E-state index contributed by atoms with van der Waals surface area (Å²) in [5.74, 6) is 0.413. The van der Waals surface area contributed by atoms with Crippen LogP contribution in [0.25, 0.3) is 0 Å². The second-order valence-electron chi connectivity index (χ2n) is 2.97. The molecule has 0 saturated heterocycles. The van der Waals surface area contributed by atoms with Crippen LogP contribution in [0.4, 0.5) is 0 Å². The molecule has 0 fully saturated rings. The second kappa shape index (κ2) is 4.07. The van der Waals surface area contributed by atoms with Crippen molar-refractivity contribution in [1.29, 1.82) is 0 Å². The van der Waals surface area contributed by atoms with Crippen LogP contribution in [-0.2, 0) is 6.54 Å². The molecule has 0 aromatic heterocycles. The van der Waals surface area contributed by atoms with Gasteiger partial charge in [0.1, 0.15) is 0 Å². The molecule has 0 spiro atoms. The Bertz CT molecular complexity index is 265. The van der Waals surface area contributed by atoms with E-state index >= 15 is 0 Å². The van der Waals surface area contributed by atoms with Crippen molar-refractivity contribution in [3.05, 3.63) is 48.0 Å². The van der Waals surface area contributed by atoms with E-state index in [1.165, 1.54) is 11.1 Å². The molecule has 1 atom stereocenters. The zero-order valence-electron chi connectivity index (χ0n) is 7.46. The number of benzene rings is 1. The SMILES string of the molecule is C=CC(C)c1cccc(CN)c1. The van der Waals surface area contributed by atoms with E-state index in [9.17, 15) is 0 Å². The molecule has 0 amide bonds. The van der Waals surface area contributed by atoms with E-state index in [1.54, 1.807) is 0 Å². The van der Waals surface area contributed by atoms with Gasteiger partial charge < -0.3 is 5.73 Å². The summed E-state index contributed by atoms with van der Waals surface area (Å²) in [4.78, 5) is 0. The molecule has 1 heteroatoms. The topological polar surface area (TPSA) is 26.0 Å². The minimum absolute atomic E-state index is 0.413. The lowest BCUT2D eigenvalue weighted by Crippen LogP contribution is -1.97. The molecule has 1 aromatic carbocycles. The zero-order valence-corrected chi connectivity index (χ0v) is 7.46. The molecule has 1 rings (SSSR count). The van der Waals surface area contributed by atoms with E-state index in [0.29, 0.717) is 12.5 Å². The zero-order chi connectivity index (χ0) is 8.97. The lowest BCUT2D eigenvalue weighted by atomic mass is 9.99. The maximum Gasteiger partial charge on any atom is 0.0178 e. The minimum Gasteiger partial charge on any atom is -0.326 e. The first-order valence-electron chi connectivity index (χ1n) is 4.19. The van der Waals surface area contributed by atoms with Gasteiger partial charge in [-0.2, -0.15) is 0 Å². The molecule has 0 aliphatic carbocycles. The van der Waals surface area contributed by atoms with Gasteiger partial charge in [0.2, 0.25) is 0 Å². The Kier molecular flexibility index (Phi) is 3.06. The fourth-order valence-corrected chi connectivity index (χ4v) is 1.14. The number of hydrogen-bond acceptors (Lipinski definition) is 1. The van der Waals surface area contributed by atoms with Gasteiger partial charge in [0.15, 0.2) is 0 Å². The van der Waals surface area contributed by atoms with Crippen LogP contribution in [0, 0.1) is 0 Å². The van der Waals surface area contributed by atoms with E-state index in [2.05, 4.69) is 25.6 Å². The van der Waals surface area contributed by atoms with Crippen molar-refractivity contribution in [3.8, 4) is 0 Å². The summed E-state index contributed by atoms with van der Waals surface area (Å²) in [6, 6.07) is 8.31. The number of hydrogen-bond donors (Lipinski definition) is 1. The Morgan fingerprint density at radius 2 is 2.33 bits per heavy atom. The third-order valence-electron chi connectivity index (χ3n) is 2.07. The van der Waals surface area contributed by atoms with Crippen LogP contribution >= 0.6 is 0 Å². The quantitative estimate of drug-likeness (QED) is 0.677. The number of rotatable bonds is 3. The van der Waals surface area contributed by atoms with Gasteiger partial charge in [-0.15, -0.1) is 6.58 Å². The summed E-state index contributed by atoms with van der Waals surface area (Å²) < 4.78 is 0. The maximum atomic E-state index is 5.53. The maximum absolute atomic E-state index is 5.53. The first-order valence-corrected chi connectivity index (χ1v) is 4.19. The Balaban J connectivity index is 2.93. The summed E-state index contributed by atoms with van der Waals surface area (Å²) in [5, 5.41) is 0. The van der Waals surface area contributed by atoms with Gasteiger partial charge in [-0.25, -0.2) is 0 Å². The van der Waals surface area contributed by atoms with Gasteiger partial charge in [-0.05, 0) is 17.0 Å². The standard InChI is InChI=1S/C11H15N/c1-3-9(2)11-6-4-5-10(7-11)8-12/h3-7,9H,1,8,12H2,2H3. The van der Waals surface area contributed by atoms with Gasteiger partial charge in [0.05, 0.1) is 0 Å². The molecule has 0 saturated carbocycles. The van der Waals surface area contributed by atoms with E-state index in [-0.39, 0.29) is 0 Å². The Morgan fingerprint density at radius 3 is 2.92 bits per heavy atom. The van der Waals surface area contributed by atoms with Crippen LogP contribution in [0.1, 0.15) is 24.0 Å². The first kappa shape index (κ1) is 9.01. The Morgan fingerprint density at radius 1 is 1.58 bits per heavy atom. The number of allylic oxidation sites excluding steroid dienone is 1. The fourth-order valence-electron chi connectivity index (χ4n) is 1.14. The Hall–Kier alpha value is -1.08. The van der Waals surface area contributed by atoms with Crippen LogP contribution < -0.4 is 5.73 Å². The summed E-state index contributed by atoms with van der Waals surface area (Å²) in [7, 11) is 0. The van der Waals surface area contributed by atoms with Crippen LogP contribution in [0.15, 0.2) is 36.9 Å². The molecule has 0 aliphatic heterocycles. The summed E-state index contributed by atoms with van der Waals surface area (Å²) in [6.45, 7) is 6.50. The molecule has 0 radical (unpaired) electrons. The summed E-state index contributed by atoms with van der Waals surface area (Å²) in [6.07, 6.45) is 1.94. The second-order valence-corrected chi connectivity index (χ2v) is 2.97. The highest BCUT2D eigenvalue weighted by Crippen LogP contribution is 2.16. The van der Waals surface area contributed by atoms with Crippen molar-refractivity contribution in [2.75, 3.05) is 0 Å². The molecule has 0 heterocycles. The average molecular weight is 161 g/mol. The van der Waals surface area contributed by atoms with Gasteiger partial charge in [-0.1, -0.05) is 37.3 Å². The highest BCUT2D eigenvalue weighted by molar-refractivity contribution is 5.27.